The molecule has 1 aromatic heterocycles. The average Bonchev–Trinajstić information content (AvgIpc) is 3.00. The van der Waals surface area contributed by atoms with Crippen LogP contribution in [0.2, 0.25) is 0 Å². The van der Waals surface area contributed by atoms with Gasteiger partial charge in [-0.05, 0) is 36.6 Å². The Labute approximate surface area is 145 Å². The SMILES string of the molecule is COc1ccc(C2CCCCCN2C(=O)c2ccc([N+](=O)[O-])o2)cc1. The number of carbonyl (C=O) groups excluding carboxylic acids is 1. The highest BCUT2D eigenvalue weighted by Crippen LogP contribution is 2.33. The van der Waals surface area contributed by atoms with Gasteiger partial charge in [-0.2, -0.15) is 0 Å². The number of hydrogen-bond donors (Lipinski definition) is 0. The Kier molecular flexibility index (Phi) is 5.02. The lowest BCUT2D eigenvalue weighted by Gasteiger charge is -2.29. The maximum atomic E-state index is 12.9. The van der Waals surface area contributed by atoms with Gasteiger partial charge in [0, 0.05) is 6.54 Å². The largest absolute Gasteiger partial charge is 0.497 e. The van der Waals surface area contributed by atoms with Gasteiger partial charge in [-0.15, -0.1) is 0 Å². The number of nitrogens with zero attached hydrogens (tertiary/aromatic N) is 2. The number of methoxy groups -OCH3 is 1. The summed E-state index contributed by atoms with van der Waals surface area (Å²) < 4.78 is 10.3. The predicted octanol–water partition coefficient (Wildman–Crippen LogP) is 3.95. The lowest BCUT2D eigenvalue weighted by molar-refractivity contribution is -0.402. The lowest BCUT2D eigenvalue weighted by atomic mass is 10.0. The van der Waals surface area contributed by atoms with Crippen LogP contribution in [-0.2, 0) is 0 Å². The summed E-state index contributed by atoms with van der Waals surface area (Å²) in [5, 5.41) is 10.8. The molecule has 7 nitrogen and oxygen atoms in total. The Morgan fingerprint density at radius 1 is 1.20 bits per heavy atom. The first kappa shape index (κ1) is 17.0. The van der Waals surface area contributed by atoms with E-state index in [1.807, 2.05) is 24.3 Å². The Morgan fingerprint density at radius 3 is 2.60 bits per heavy atom. The number of furan rings is 1. The Hall–Kier alpha value is -2.83. The van der Waals surface area contributed by atoms with E-state index < -0.39 is 10.8 Å². The van der Waals surface area contributed by atoms with E-state index in [2.05, 4.69) is 0 Å². The van der Waals surface area contributed by atoms with Crippen LogP contribution in [0.1, 0.15) is 47.8 Å². The zero-order valence-corrected chi connectivity index (χ0v) is 14.0. The van der Waals surface area contributed by atoms with E-state index in [9.17, 15) is 14.9 Å². The first-order valence-corrected chi connectivity index (χ1v) is 8.29. The number of carbonyl (C=O) groups is 1. The summed E-state index contributed by atoms with van der Waals surface area (Å²) in [4.78, 5) is 24.8. The first-order chi connectivity index (χ1) is 12.1. The van der Waals surface area contributed by atoms with Gasteiger partial charge in [0.05, 0.1) is 19.2 Å². The fourth-order valence-electron chi connectivity index (χ4n) is 3.21. The number of nitro groups is 1. The topological polar surface area (TPSA) is 85.8 Å². The molecule has 0 bridgehead atoms. The van der Waals surface area contributed by atoms with Gasteiger partial charge < -0.3 is 14.1 Å². The molecule has 3 rings (SSSR count). The van der Waals surface area contributed by atoms with Crippen LogP contribution in [0.25, 0.3) is 0 Å². The fourth-order valence-corrected chi connectivity index (χ4v) is 3.21. The summed E-state index contributed by atoms with van der Waals surface area (Å²) in [6.07, 6.45) is 3.83. The van der Waals surface area contributed by atoms with Crippen molar-refractivity contribution in [3.8, 4) is 5.75 Å². The Morgan fingerprint density at radius 2 is 1.96 bits per heavy atom. The molecule has 0 radical (unpaired) electrons. The third-order valence-electron chi connectivity index (χ3n) is 4.50. The van der Waals surface area contributed by atoms with Crippen LogP contribution in [0.15, 0.2) is 40.8 Å². The highest BCUT2D eigenvalue weighted by atomic mass is 16.6. The summed E-state index contributed by atoms with van der Waals surface area (Å²) in [5.41, 5.74) is 1.03. The molecule has 2 heterocycles. The molecule has 1 saturated heterocycles. The number of hydrogen-bond acceptors (Lipinski definition) is 5. The third kappa shape index (κ3) is 3.65. The standard InChI is InChI=1S/C18H20N2O5/c1-24-14-8-6-13(7-9-14)15-5-3-2-4-12-19(15)18(21)16-10-11-17(25-16)20(22)23/h6-11,15H,2-5,12H2,1H3. The Balaban J connectivity index is 1.88. The first-order valence-electron chi connectivity index (χ1n) is 8.29. The summed E-state index contributed by atoms with van der Waals surface area (Å²) in [5.74, 6) is 0.0407. The van der Waals surface area contributed by atoms with Crippen LogP contribution >= 0.6 is 0 Å². The molecule has 1 aromatic carbocycles. The van der Waals surface area contributed by atoms with Gasteiger partial charge in [0.25, 0.3) is 5.91 Å². The van der Waals surface area contributed by atoms with Crippen LogP contribution in [0, 0.1) is 10.1 Å². The minimum atomic E-state index is -0.639. The zero-order valence-electron chi connectivity index (χ0n) is 14.0. The summed E-state index contributed by atoms with van der Waals surface area (Å²) in [6, 6.07) is 10.2. The van der Waals surface area contributed by atoms with E-state index in [4.69, 9.17) is 9.15 Å². The second-order valence-corrected chi connectivity index (χ2v) is 6.03. The van der Waals surface area contributed by atoms with Gasteiger partial charge in [-0.25, -0.2) is 0 Å². The van der Waals surface area contributed by atoms with Gasteiger partial charge in [0.15, 0.2) is 5.76 Å². The molecule has 1 fully saturated rings. The molecule has 7 heteroatoms. The molecule has 2 aromatic rings. The minimum Gasteiger partial charge on any atom is -0.497 e. The Bertz CT molecular complexity index is 753. The van der Waals surface area contributed by atoms with Crippen molar-refractivity contribution in [3.05, 3.63) is 57.8 Å². The van der Waals surface area contributed by atoms with Gasteiger partial charge in [-0.1, -0.05) is 25.0 Å². The van der Waals surface area contributed by atoms with Crippen molar-refractivity contribution in [1.82, 2.24) is 4.90 Å². The summed E-state index contributed by atoms with van der Waals surface area (Å²) in [7, 11) is 1.61. The van der Waals surface area contributed by atoms with Crippen molar-refractivity contribution in [2.75, 3.05) is 13.7 Å². The van der Waals surface area contributed by atoms with Crippen LogP contribution in [-0.4, -0.2) is 29.4 Å². The van der Waals surface area contributed by atoms with E-state index in [1.165, 1.54) is 12.1 Å². The summed E-state index contributed by atoms with van der Waals surface area (Å²) in [6.45, 7) is 0.601. The maximum Gasteiger partial charge on any atom is 0.433 e. The van der Waals surface area contributed by atoms with Crippen molar-refractivity contribution in [2.24, 2.45) is 0 Å². The highest BCUT2D eigenvalue weighted by Gasteiger charge is 2.30. The smallest absolute Gasteiger partial charge is 0.433 e. The quantitative estimate of drug-likeness (QED) is 0.619. The molecule has 25 heavy (non-hydrogen) atoms. The van der Waals surface area contributed by atoms with Crippen LogP contribution in [0.5, 0.6) is 5.75 Å². The van der Waals surface area contributed by atoms with E-state index in [-0.39, 0.29) is 17.7 Å². The zero-order chi connectivity index (χ0) is 17.8. The summed E-state index contributed by atoms with van der Waals surface area (Å²) >= 11 is 0. The average molecular weight is 344 g/mol. The molecule has 1 aliphatic rings. The van der Waals surface area contributed by atoms with Gasteiger partial charge in [0.2, 0.25) is 0 Å². The van der Waals surface area contributed by atoms with E-state index in [1.54, 1.807) is 12.0 Å². The molecule has 0 saturated carbocycles. The van der Waals surface area contributed by atoms with E-state index in [0.29, 0.717) is 6.54 Å². The molecule has 0 spiro atoms. The van der Waals surface area contributed by atoms with Crippen molar-refractivity contribution in [1.29, 1.82) is 0 Å². The van der Waals surface area contributed by atoms with Crippen molar-refractivity contribution in [3.63, 3.8) is 0 Å². The predicted molar refractivity (Wildman–Crippen MR) is 90.6 cm³/mol. The fraction of sp³-hybridized carbons (Fsp3) is 0.389. The molecule has 0 N–H and O–H groups in total. The van der Waals surface area contributed by atoms with Gasteiger partial charge >= 0.3 is 5.88 Å². The minimum absolute atomic E-state index is 0.00658. The third-order valence-corrected chi connectivity index (χ3v) is 4.50. The molecule has 1 aliphatic heterocycles. The number of rotatable bonds is 4. The number of amides is 1. The molecular weight excluding hydrogens is 324 g/mol. The number of ether oxygens (including phenoxy) is 1. The van der Waals surface area contributed by atoms with Crippen molar-refractivity contribution in [2.45, 2.75) is 31.7 Å². The molecule has 1 unspecified atom stereocenters. The normalized spacial score (nSPS) is 17.8. The highest BCUT2D eigenvalue weighted by molar-refractivity contribution is 5.92. The van der Waals surface area contributed by atoms with Crippen LogP contribution < -0.4 is 4.74 Å². The molecule has 132 valence electrons. The van der Waals surface area contributed by atoms with Crippen LogP contribution in [0.3, 0.4) is 0 Å². The second-order valence-electron chi connectivity index (χ2n) is 6.03. The van der Waals surface area contributed by atoms with E-state index in [0.717, 1.165) is 37.0 Å². The number of benzene rings is 1. The molecule has 1 amide bonds. The molecule has 0 aliphatic carbocycles. The molecular formula is C18H20N2O5. The van der Waals surface area contributed by atoms with Crippen molar-refractivity contribution < 1.29 is 18.9 Å². The number of likely N-dealkylation sites (tertiary alicyclic amines) is 1. The van der Waals surface area contributed by atoms with Gasteiger partial charge in [-0.3, -0.25) is 14.9 Å². The monoisotopic (exact) mass is 344 g/mol. The van der Waals surface area contributed by atoms with Crippen molar-refractivity contribution >= 4 is 11.8 Å². The maximum absolute atomic E-state index is 12.9. The van der Waals surface area contributed by atoms with Gasteiger partial charge in [0.1, 0.15) is 10.7 Å². The second kappa shape index (κ2) is 7.38. The lowest BCUT2D eigenvalue weighted by Crippen LogP contribution is -2.34. The van der Waals surface area contributed by atoms with E-state index >= 15 is 0 Å². The molecule has 1 atom stereocenters. The van der Waals surface area contributed by atoms with Crippen LogP contribution in [0.4, 0.5) is 5.88 Å².